The number of carbonyl (C=O) groups is 1. The molecular formula is C13H21N3OS. The number of hydrogen-bond acceptors (Lipinski definition) is 4. The summed E-state index contributed by atoms with van der Waals surface area (Å²) in [4.78, 5) is 14.8. The van der Waals surface area contributed by atoms with E-state index in [2.05, 4.69) is 24.2 Å². The lowest BCUT2D eigenvalue weighted by Gasteiger charge is -2.26. The zero-order valence-corrected chi connectivity index (χ0v) is 11.8. The average molecular weight is 267 g/mol. The van der Waals surface area contributed by atoms with E-state index in [0.717, 1.165) is 29.4 Å². The van der Waals surface area contributed by atoms with Gasteiger partial charge in [0.2, 0.25) is 0 Å². The van der Waals surface area contributed by atoms with Crippen LogP contribution in [-0.4, -0.2) is 23.4 Å². The first-order chi connectivity index (χ1) is 8.61. The Morgan fingerprint density at radius 1 is 1.61 bits per heavy atom. The monoisotopic (exact) mass is 267 g/mol. The second-order valence-corrected chi connectivity index (χ2v) is 6.13. The van der Waals surface area contributed by atoms with Gasteiger partial charge in [-0.2, -0.15) is 0 Å². The van der Waals surface area contributed by atoms with Gasteiger partial charge in [-0.15, -0.1) is 11.3 Å². The minimum Gasteiger partial charge on any atom is -0.296 e. The highest BCUT2D eigenvalue weighted by Gasteiger charge is 2.26. The molecule has 18 heavy (non-hydrogen) atoms. The number of nitrogens with two attached hydrogens (primary N) is 1. The highest BCUT2D eigenvalue weighted by molar-refractivity contribution is 7.12. The molecule has 1 saturated carbocycles. The molecule has 0 unspecified atom stereocenters. The maximum absolute atomic E-state index is 11.6. The Morgan fingerprint density at radius 2 is 2.33 bits per heavy atom. The summed E-state index contributed by atoms with van der Waals surface area (Å²) in [6.45, 7) is 6.38. The van der Waals surface area contributed by atoms with E-state index in [9.17, 15) is 4.79 Å². The van der Waals surface area contributed by atoms with E-state index >= 15 is 0 Å². The number of rotatable bonds is 6. The third kappa shape index (κ3) is 3.31. The zero-order valence-electron chi connectivity index (χ0n) is 11.0. The molecule has 1 aromatic heterocycles. The number of nitrogens with one attached hydrogen (secondary N) is 1. The molecular weight excluding hydrogens is 246 g/mol. The first-order valence-corrected chi connectivity index (χ1v) is 7.31. The molecule has 1 aliphatic carbocycles. The molecule has 0 radical (unpaired) electrons. The van der Waals surface area contributed by atoms with Crippen LogP contribution in [0.5, 0.6) is 0 Å². The van der Waals surface area contributed by atoms with Gasteiger partial charge in [-0.25, -0.2) is 5.84 Å². The summed E-state index contributed by atoms with van der Waals surface area (Å²) >= 11 is 1.45. The molecule has 0 aromatic carbocycles. The Kier molecular flexibility index (Phi) is 4.37. The Morgan fingerprint density at radius 3 is 2.89 bits per heavy atom. The number of carbonyl (C=O) groups excluding carboxylic acids is 1. The Bertz CT molecular complexity index is 412. The van der Waals surface area contributed by atoms with Crippen LogP contribution < -0.4 is 11.3 Å². The molecule has 3 N–H and O–H groups in total. The largest absolute Gasteiger partial charge is 0.296 e. The van der Waals surface area contributed by atoms with Crippen molar-refractivity contribution in [3.63, 3.8) is 0 Å². The molecule has 2 rings (SSSR count). The molecule has 0 spiro atoms. The molecule has 0 bridgehead atoms. The molecule has 5 heteroatoms. The number of nitrogens with zero attached hydrogens (tertiary/aromatic N) is 1. The minimum atomic E-state index is -0.185. The van der Waals surface area contributed by atoms with Gasteiger partial charge >= 0.3 is 0 Å². The normalized spacial score (nSPS) is 15.4. The van der Waals surface area contributed by atoms with Gasteiger partial charge in [0.25, 0.3) is 5.91 Å². The predicted molar refractivity (Wildman–Crippen MR) is 74.2 cm³/mol. The summed E-state index contributed by atoms with van der Waals surface area (Å²) < 4.78 is 0. The van der Waals surface area contributed by atoms with Crippen molar-refractivity contribution in [2.45, 2.75) is 39.3 Å². The van der Waals surface area contributed by atoms with Crippen LogP contribution in [0.1, 0.15) is 41.9 Å². The molecule has 0 saturated heterocycles. The van der Waals surface area contributed by atoms with Gasteiger partial charge < -0.3 is 0 Å². The summed E-state index contributed by atoms with van der Waals surface area (Å²) in [5.74, 6) is 5.88. The molecule has 1 fully saturated rings. The van der Waals surface area contributed by atoms with E-state index in [1.807, 2.05) is 11.4 Å². The highest BCUT2D eigenvalue weighted by Crippen LogP contribution is 2.31. The lowest BCUT2D eigenvalue weighted by Crippen LogP contribution is -2.34. The predicted octanol–water partition coefficient (Wildman–Crippen LogP) is 1.97. The van der Waals surface area contributed by atoms with Gasteiger partial charge in [-0.05, 0) is 49.6 Å². The van der Waals surface area contributed by atoms with E-state index in [1.54, 1.807) is 0 Å². The Labute approximate surface area is 112 Å². The summed E-state index contributed by atoms with van der Waals surface area (Å²) in [5, 5.41) is 1.95. The smallest absolute Gasteiger partial charge is 0.275 e. The van der Waals surface area contributed by atoms with Crippen molar-refractivity contribution in [1.82, 2.24) is 10.3 Å². The quantitative estimate of drug-likeness (QED) is 0.471. The molecule has 1 aromatic rings. The molecule has 0 atom stereocenters. The molecule has 100 valence electrons. The van der Waals surface area contributed by atoms with Gasteiger partial charge in [0, 0.05) is 19.1 Å². The first-order valence-electron chi connectivity index (χ1n) is 6.43. The van der Waals surface area contributed by atoms with Crippen molar-refractivity contribution in [3.05, 3.63) is 21.9 Å². The third-order valence-electron chi connectivity index (χ3n) is 3.38. The van der Waals surface area contributed by atoms with Crippen LogP contribution in [0.2, 0.25) is 0 Å². The van der Waals surface area contributed by atoms with Crippen LogP contribution in [0.3, 0.4) is 0 Å². The first kappa shape index (κ1) is 13.5. The average Bonchev–Trinajstić information content (AvgIpc) is 3.04. The summed E-state index contributed by atoms with van der Waals surface area (Å²) in [7, 11) is 0. The second-order valence-electron chi connectivity index (χ2n) is 5.21. The van der Waals surface area contributed by atoms with Crippen LogP contribution in [0.25, 0.3) is 0 Å². The number of hydrazine groups is 1. The van der Waals surface area contributed by atoms with Gasteiger partial charge in [-0.3, -0.25) is 15.1 Å². The van der Waals surface area contributed by atoms with E-state index in [0.29, 0.717) is 6.04 Å². The van der Waals surface area contributed by atoms with Gasteiger partial charge in [0.1, 0.15) is 0 Å². The fourth-order valence-electron chi connectivity index (χ4n) is 2.03. The van der Waals surface area contributed by atoms with Crippen molar-refractivity contribution < 1.29 is 4.79 Å². The molecule has 1 heterocycles. The van der Waals surface area contributed by atoms with E-state index in [1.165, 1.54) is 24.2 Å². The third-order valence-corrected chi connectivity index (χ3v) is 4.33. The maximum Gasteiger partial charge on any atom is 0.275 e. The maximum atomic E-state index is 11.6. The fourth-order valence-corrected chi connectivity index (χ4v) is 2.85. The SMILES string of the molecule is CC(C)N(Cc1ccsc1C(=O)NN)CC1CC1. The zero-order chi connectivity index (χ0) is 13.1. The summed E-state index contributed by atoms with van der Waals surface area (Å²) in [6, 6.07) is 2.52. The Balaban J connectivity index is 2.05. The van der Waals surface area contributed by atoms with Gasteiger partial charge in [0.05, 0.1) is 4.88 Å². The summed E-state index contributed by atoms with van der Waals surface area (Å²) in [5.41, 5.74) is 3.30. The van der Waals surface area contributed by atoms with Crippen molar-refractivity contribution >= 4 is 17.2 Å². The molecule has 0 aliphatic heterocycles. The minimum absolute atomic E-state index is 0.185. The summed E-state index contributed by atoms with van der Waals surface area (Å²) in [6.07, 6.45) is 2.70. The van der Waals surface area contributed by atoms with Crippen LogP contribution in [-0.2, 0) is 6.54 Å². The lowest BCUT2D eigenvalue weighted by molar-refractivity contribution is 0.0955. The van der Waals surface area contributed by atoms with E-state index in [-0.39, 0.29) is 5.91 Å². The second kappa shape index (κ2) is 5.82. The van der Waals surface area contributed by atoms with Crippen LogP contribution >= 0.6 is 11.3 Å². The number of amides is 1. The Hall–Kier alpha value is -0.910. The highest BCUT2D eigenvalue weighted by atomic mass is 32.1. The van der Waals surface area contributed by atoms with Crippen LogP contribution in [0.15, 0.2) is 11.4 Å². The number of hydrogen-bond donors (Lipinski definition) is 2. The topological polar surface area (TPSA) is 58.4 Å². The van der Waals surface area contributed by atoms with Gasteiger partial charge in [0.15, 0.2) is 0 Å². The van der Waals surface area contributed by atoms with Crippen molar-refractivity contribution in [3.8, 4) is 0 Å². The van der Waals surface area contributed by atoms with Crippen LogP contribution in [0, 0.1) is 5.92 Å². The fraction of sp³-hybridized carbons (Fsp3) is 0.615. The lowest BCUT2D eigenvalue weighted by atomic mass is 10.2. The molecule has 1 amide bonds. The van der Waals surface area contributed by atoms with Gasteiger partial charge in [-0.1, -0.05) is 0 Å². The van der Waals surface area contributed by atoms with Crippen LogP contribution in [0.4, 0.5) is 0 Å². The van der Waals surface area contributed by atoms with Crippen molar-refractivity contribution in [2.75, 3.05) is 6.54 Å². The molecule has 4 nitrogen and oxygen atoms in total. The molecule has 1 aliphatic rings. The van der Waals surface area contributed by atoms with Crippen molar-refractivity contribution in [2.24, 2.45) is 11.8 Å². The number of nitrogen functional groups attached to an aromatic ring is 1. The van der Waals surface area contributed by atoms with E-state index in [4.69, 9.17) is 5.84 Å². The standard InChI is InChI=1S/C13H21N3OS/c1-9(2)16(7-10-3-4-10)8-11-5-6-18-12(11)13(17)15-14/h5-6,9-10H,3-4,7-8,14H2,1-2H3,(H,15,17). The van der Waals surface area contributed by atoms with Crippen molar-refractivity contribution in [1.29, 1.82) is 0 Å². The number of thiophene rings is 1. The van der Waals surface area contributed by atoms with E-state index < -0.39 is 0 Å².